The summed E-state index contributed by atoms with van der Waals surface area (Å²) in [5.74, 6) is 0.326. The SMILES string of the molecule is C=C(C)COc1cc(/C=C/c2ccc(OC(=O)C(=C)C)c(OCC(=C)C)c2)ccc1OC(=O)C(=C)C. The standard InChI is InChI=1S/C30H32O6/c1-19(2)17-33-27-15-23(11-13-25(27)35-29(31)21(5)6)9-10-24-12-14-26(36-30(32)22(7)8)28(16-24)34-18-20(3)4/h9-16H,1,3,5,7,17-18H2,2,4,6,8H3/b10-9+. The van der Waals surface area contributed by atoms with Crippen LogP contribution < -0.4 is 18.9 Å². The van der Waals surface area contributed by atoms with E-state index < -0.39 is 11.9 Å². The molecule has 0 fully saturated rings. The smallest absolute Gasteiger partial charge is 0.338 e. The number of esters is 2. The average Bonchev–Trinajstić information content (AvgIpc) is 2.81. The van der Waals surface area contributed by atoms with Gasteiger partial charge in [0.2, 0.25) is 0 Å². The number of benzene rings is 2. The fraction of sp³-hybridized carbons (Fsp3) is 0.200. The maximum atomic E-state index is 12.0. The minimum absolute atomic E-state index is 0.276. The Morgan fingerprint density at radius 2 is 1.00 bits per heavy atom. The molecule has 0 aliphatic heterocycles. The third-order valence-electron chi connectivity index (χ3n) is 4.45. The number of hydrogen-bond donors (Lipinski definition) is 0. The van der Waals surface area contributed by atoms with Gasteiger partial charge in [0.1, 0.15) is 13.2 Å². The van der Waals surface area contributed by atoms with Crippen LogP contribution in [0.15, 0.2) is 85.0 Å². The normalized spacial score (nSPS) is 10.4. The lowest BCUT2D eigenvalue weighted by atomic mass is 10.1. The molecule has 0 heterocycles. The van der Waals surface area contributed by atoms with E-state index >= 15 is 0 Å². The molecular weight excluding hydrogens is 456 g/mol. The Kier molecular flexibility index (Phi) is 10.0. The minimum atomic E-state index is -0.534. The van der Waals surface area contributed by atoms with E-state index in [1.165, 1.54) is 0 Å². The predicted octanol–water partition coefficient (Wildman–Crippen LogP) is 6.73. The van der Waals surface area contributed by atoms with Gasteiger partial charge in [-0.2, -0.15) is 0 Å². The predicted molar refractivity (Wildman–Crippen MR) is 143 cm³/mol. The monoisotopic (exact) mass is 488 g/mol. The average molecular weight is 489 g/mol. The van der Waals surface area contributed by atoms with Crippen molar-refractivity contribution in [3.05, 3.63) is 96.1 Å². The zero-order valence-corrected chi connectivity index (χ0v) is 21.3. The number of ether oxygens (including phenoxy) is 4. The summed E-state index contributed by atoms with van der Waals surface area (Å²) in [6.07, 6.45) is 3.74. The molecule has 2 rings (SSSR count). The van der Waals surface area contributed by atoms with Crippen LogP contribution in [-0.4, -0.2) is 25.2 Å². The number of carbonyl (C=O) groups excluding carboxylic acids is 2. The van der Waals surface area contributed by atoms with Crippen molar-refractivity contribution >= 4 is 24.1 Å². The summed E-state index contributed by atoms with van der Waals surface area (Å²) in [5, 5.41) is 0. The largest absolute Gasteiger partial charge is 0.485 e. The molecule has 0 N–H and O–H groups in total. The van der Waals surface area contributed by atoms with E-state index in [0.29, 0.717) is 23.0 Å². The van der Waals surface area contributed by atoms with Gasteiger partial charge in [0, 0.05) is 11.1 Å². The summed E-state index contributed by atoms with van der Waals surface area (Å²) < 4.78 is 22.4. The maximum Gasteiger partial charge on any atom is 0.338 e. The van der Waals surface area contributed by atoms with E-state index in [1.807, 2.05) is 26.0 Å². The molecule has 2 aromatic rings. The van der Waals surface area contributed by atoms with Gasteiger partial charge in [0.05, 0.1) is 0 Å². The van der Waals surface area contributed by atoms with Crippen molar-refractivity contribution in [2.75, 3.05) is 13.2 Å². The van der Waals surface area contributed by atoms with E-state index in [2.05, 4.69) is 26.3 Å². The van der Waals surface area contributed by atoms with Crippen LogP contribution in [0.2, 0.25) is 0 Å². The van der Waals surface area contributed by atoms with Gasteiger partial charge < -0.3 is 18.9 Å². The first kappa shape index (κ1) is 27.9. The third kappa shape index (κ3) is 8.80. The fourth-order valence-corrected chi connectivity index (χ4v) is 2.62. The van der Waals surface area contributed by atoms with Crippen LogP contribution in [0.1, 0.15) is 38.8 Å². The lowest BCUT2D eigenvalue weighted by Crippen LogP contribution is -2.10. The number of hydrogen-bond acceptors (Lipinski definition) is 6. The van der Waals surface area contributed by atoms with Crippen molar-refractivity contribution < 1.29 is 28.5 Å². The lowest BCUT2D eigenvalue weighted by Gasteiger charge is -2.13. The summed E-state index contributed by atoms with van der Waals surface area (Å²) in [5.41, 5.74) is 3.83. The van der Waals surface area contributed by atoms with E-state index in [4.69, 9.17) is 18.9 Å². The molecule has 2 aromatic carbocycles. The van der Waals surface area contributed by atoms with Crippen molar-refractivity contribution in [3.63, 3.8) is 0 Å². The maximum absolute atomic E-state index is 12.0. The first-order chi connectivity index (χ1) is 17.0. The molecule has 6 heteroatoms. The van der Waals surface area contributed by atoms with Crippen molar-refractivity contribution in [3.8, 4) is 23.0 Å². The molecule has 0 aliphatic rings. The first-order valence-corrected chi connectivity index (χ1v) is 11.2. The molecule has 0 bridgehead atoms. The van der Waals surface area contributed by atoms with Crippen LogP contribution in [0.25, 0.3) is 12.2 Å². The topological polar surface area (TPSA) is 71.1 Å². The summed E-state index contributed by atoms with van der Waals surface area (Å²) in [7, 11) is 0. The van der Waals surface area contributed by atoms with E-state index in [-0.39, 0.29) is 24.4 Å². The molecular formula is C30H32O6. The molecule has 0 saturated carbocycles. The fourth-order valence-electron chi connectivity index (χ4n) is 2.62. The van der Waals surface area contributed by atoms with Gasteiger partial charge in [-0.1, -0.05) is 50.6 Å². The second kappa shape index (κ2) is 13.0. The second-order valence-electron chi connectivity index (χ2n) is 8.58. The third-order valence-corrected chi connectivity index (χ3v) is 4.45. The van der Waals surface area contributed by atoms with Crippen LogP contribution in [0.5, 0.6) is 23.0 Å². The Labute approximate surface area is 212 Å². The molecule has 0 aromatic heterocycles. The molecule has 0 aliphatic carbocycles. The Hall–Kier alpha value is -4.32. The summed E-state index contributed by atoms with van der Waals surface area (Å²) in [6.45, 7) is 22.3. The quantitative estimate of drug-likeness (QED) is 0.108. The van der Waals surface area contributed by atoms with Gasteiger partial charge in [0.15, 0.2) is 23.0 Å². The van der Waals surface area contributed by atoms with Gasteiger partial charge in [-0.25, -0.2) is 9.59 Å². The van der Waals surface area contributed by atoms with Crippen LogP contribution in [-0.2, 0) is 9.59 Å². The first-order valence-electron chi connectivity index (χ1n) is 11.2. The van der Waals surface area contributed by atoms with Crippen molar-refractivity contribution in [1.29, 1.82) is 0 Å². The Balaban J connectivity index is 2.34. The molecule has 0 unspecified atom stereocenters. The van der Waals surface area contributed by atoms with Gasteiger partial charge in [0.25, 0.3) is 0 Å². The van der Waals surface area contributed by atoms with E-state index in [1.54, 1.807) is 50.2 Å². The molecule has 0 amide bonds. The van der Waals surface area contributed by atoms with Crippen LogP contribution in [0, 0.1) is 0 Å². The van der Waals surface area contributed by atoms with Crippen LogP contribution >= 0.6 is 0 Å². The van der Waals surface area contributed by atoms with E-state index in [0.717, 1.165) is 22.3 Å². The Bertz CT molecular complexity index is 1140. The second-order valence-corrected chi connectivity index (χ2v) is 8.58. The van der Waals surface area contributed by atoms with Gasteiger partial charge in [-0.05, 0) is 74.2 Å². The highest BCUT2D eigenvalue weighted by Crippen LogP contribution is 2.32. The Morgan fingerprint density at radius 3 is 1.31 bits per heavy atom. The van der Waals surface area contributed by atoms with Crippen LogP contribution in [0.3, 0.4) is 0 Å². The van der Waals surface area contributed by atoms with Crippen molar-refractivity contribution in [2.24, 2.45) is 0 Å². The number of rotatable bonds is 12. The minimum Gasteiger partial charge on any atom is -0.485 e. The molecule has 0 atom stereocenters. The molecule has 188 valence electrons. The van der Waals surface area contributed by atoms with Crippen molar-refractivity contribution in [2.45, 2.75) is 27.7 Å². The van der Waals surface area contributed by atoms with Crippen molar-refractivity contribution in [1.82, 2.24) is 0 Å². The molecule has 6 nitrogen and oxygen atoms in total. The van der Waals surface area contributed by atoms with E-state index in [9.17, 15) is 9.59 Å². The van der Waals surface area contributed by atoms with Gasteiger partial charge in [-0.15, -0.1) is 0 Å². The van der Waals surface area contributed by atoms with Gasteiger partial charge in [-0.3, -0.25) is 0 Å². The van der Waals surface area contributed by atoms with Gasteiger partial charge >= 0.3 is 11.9 Å². The summed E-state index contributed by atoms with van der Waals surface area (Å²) in [6, 6.07) is 10.5. The number of carbonyl (C=O) groups is 2. The molecule has 0 saturated heterocycles. The van der Waals surface area contributed by atoms with Crippen LogP contribution in [0.4, 0.5) is 0 Å². The summed E-state index contributed by atoms with van der Waals surface area (Å²) >= 11 is 0. The highest BCUT2D eigenvalue weighted by Gasteiger charge is 2.13. The Morgan fingerprint density at radius 1 is 0.639 bits per heavy atom. The zero-order valence-electron chi connectivity index (χ0n) is 21.3. The lowest BCUT2D eigenvalue weighted by molar-refractivity contribution is -0.131. The highest BCUT2D eigenvalue weighted by atomic mass is 16.6. The highest BCUT2D eigenvalue weighted by molar-refractivity contribution is 5.90. The molecule has 0 radical (unpaired) electrons. The summed E-state index contributed by atoms with van der Waals surface area (Å²) in [4.78, 5) is 24.0. The zero-order chi connectivity index (χ0) is 26.8. The molecule has 0 spiro atoms. The molecule has 36 heavy (non-hydrogen) atoms.